The van der Waals surface area contributed by atoms with Gasteiger partial charge in [-0.05, 0) is 55.5 Å². The van der Waals surface area contributed by atoms with Crippen molar-refractivity contribution in [3.63, 3.8) is 0 Å². The summed E-state index contributed by atoms with van der Waals surface area (Å²) >= 11 is 0. The first-order valence-electron chi connectivity index (χ1n) is 10.8. The summed E-state index contributed by atoms with van der Waals surface area (Å²) in [6.45, 7) is 1.86. The lowest BCUT2D eigenvalue weighted by atomic mass is 10.1. The molecular weight excluding hydrogens is 484 g/mol. The molecule has 1 N–H and O–H groups in total. The number of hydrogen-bond donors (Lipinski definition) is 1. The van der Waals surface area contributed by atoms with E-state index in [0.717, 1.165) is 5.56 Å². The molecule has 0 saturated carbocycles. The molecule has 7 nitrogen and oxygen atoms in total. The zero-order valence-corrected chi connectivity index (χ0v) is 20.3. The van der Waals surface area contributed by atoms with Crippen LogP contribution in [0.15, 0.2) is 118 Å². The second kappa shape index (κ2) is 8.84. The lowest BCUT2D eigenvalue weighted by molar-refractivity contribution is 0.466. The standard InChI is InChI=1S/C26H22N2O5S2/c1-19-13-15-21(16-14-19)34(29,30)27-26(25-12-7-17-33-25)24-18-20-8-5-6-11-23(20)28(24)35(31,32)22-9-3-2-4-10-22/h2-18,26-27H,1H3/t26-/m1/s1. The van der Waals surface area contributed by atoms with Crippen LogP contribution < -0.4 is 4.72 Å². The summed E-state index contributed by atoms with van der Waals surface area (Å²) in [5.74, 6) is 0.257. The SMILES string of the molecule is Cc1ccc(S(=O)(=O)N[C@@H](c2ccco2)c2cc3ccccc3n2S(=O)(=O)c2ccccc2)cc1. The van der Waals surface area contributed by atoms with E-state index in [1.165, 1.54) is 34.5 Å². The molecule has 178 valence electrons. The van der Waals surface area contributed by atoms with Crippen molar-refractivity contribution < 1.29 is 21.3 Å². The minimum absolute atomic E-state index is 0.0632. The van der Waals surface area contributed by atoms with Gasteiger partial charge in [-0.2, -0.15) is 4.72 Å². The molecule has 0 aliphatic carbocycles. The van der Waals surface area contributed by atoms with Gasteiger partial charge in [0.1, 0.15) is 11.8 Å². The molecule has 0 radical (unpaired) electrons. The summed E-state index contributed by atoms with van der Waals surface area (Å²) in [5.41, 5.74) is 1.55. The Bertz CT molecular complexity index is 1690. The van der Waals surface area contributed by atoms with Gasteiger partial charge in [-0.1, -0.05) is 54.1 Å². The highest BCUT2D eigenvalue weighted by Gasteiger charge is 2.32. The number of furan rings is 1. The molecule has 0 fully saturated rings. The first-order chi connectivity index (χ1) is 16.8. The summed E-state index contributed by atoms with van der Waals surface area (Å²) in [7, 11) is -8.11. The normalized spacial score (nSPS) is 13.2. The Labute approximate surface area is 203 Å². The molecule has 2 heterocycles. The average Bonchev–Trinajstić information content (AvgIpc) is 3.52. The van der Waals surface area contributed by atoms with E-state index in [9.17, 15) is 16.8 Å². The average molecular weight is 507 g/mol. The molecular formula is C26H22N2O5S2. The molecule has 2 aromatic heterocycles. The molecule has 0 aliphatic rings. The second-order valence-corrected chi connectivity index (χ2v) is 11.6. The van der Waals surface area contributed by atoms with E-state index in [2.05, 4.69) is 4.72 Å². The van der Waals surface area contributed by atoms with Crippen LogP contribution >= 0.6 is 0 Å². The number of nitrogens with zero attached hydrogens (tertiary/aromatic N) is 1. The molecule has 0 spiro atoms. The maximum absolute atomic E-state index is 13.8. The number of aryl methyl sites for hydroxylation is 1. The zero-order valence-electron chi connectivity index (χ0n) is 18.7. The topological polar surface area (TPSA) is 98.4 Å². The van der Waals surface area contributed by atoms with Crippen LogP contribution in [0.1, 0.15) is 23.1 Å². The first-order valence-corrected chi connectivity index (χ1v) is 13.7. The van der Waals surface area contributed by atoms with Crippen LogP contribution in [0.5, 0.6) is 0 Å². The van der Waals surface area contributed by atoms with Crippen molar-refractivity contribution >= 4 is 30.9 Å². The molecule has 9 heteroatoms. The van der Waals surface area contributed by atoms with Gasteiger partial charge >= 0.3 is 0 Å². The molecule has 1 atom stereocenters. The number of benzene rings is 3. The number of sulfonamides is 1. The number of fused-ring (bicyclic) bond motifs is 1. The number of aromatic nitrogens is 1. The number of hydrogen-bond acceptors (Lipinski definition) is 5. The predicted molar refractivity (Wildman–Crippen MR) is 133 cm³/mol. The van der Waals surface area contributed by atoms with Gasteiger partial charge in [0.15, 0.2) is 0 Å². The van der Waals surface area contributed by atoms with Gasteiger partial charge in [-0.25, -0.2) is 20.8 Å². The fourth-order valence-corrected chi connectivity index (χ4v) is 6.73. The second-order valence-electron chi connectivity index (χ2n) is 8.09. The van der Waals surface area contributed by atoms with E-state index >= 15 is 0 Å². The molecule has 0 unspecified atom stereocenters. The van der Waals surface area contributed by atoms with Gasteiger partial charge in [0.2, 0.25) is 10.0 Å². The largest absolute Gasteiger partial charge is 0.467 e. The van der Waals surface area contributed by atoms with Gasteiger partial charge in [-0.15, -0.1) is 0 Å². The van der Waals surface area contributed by atoms with E-state index in [4.69, 9.17) is 4.42 Å². The Hall–Kier alpha value is -3.66. The van der Waals surface area contributed by atoms with Crippen molar-refractivity contribution in [1.82, 2.24) is 8.69 Å². The van der Waals surface area contributed by atoms with Crippen molar-refractivity contribution in [3.8, 4) is 0 Å². The van der Waals surface area contributed by atoms with Crippen molar-refractivity contribution in [2.75, 3.05) is 0 Å². The van der Waals surface area contributed by atoms with Crippen LogP contribution in [-0.2, 0) is 20.0 Å². The summed E-state index contributed by atoms with van der Waals surface area (Å²) < 4.78 is 63.8. The lowest BCUT2D eigenvalue weighted by Crippen LogP contribution is -2.32. The predicted octanol–water partition coefficient (Wildman–Crippen LogP) is 4.85. The Morgan fingerprint density at radius 3 is 2.14 bits per heavy atom. The number of rotatable bonds is 7. The monoisotopic (exact) mass is 506 g/mol. The molecule has 35 heavy (non-hydrogen) atoms. The highest BCUT2D eigenvalue weighted by molar-refractivity contribution is 7.90. The highest BCUT2D eigenvalue weighted by Crippen LogP contribution is 2.33. The first kappa shape index (κ1) is 23.1. The van der Waals surface area contributed by atoms with Crippen LogP contribution in [0.25, 0.3) is 10.9 Å². The van der Waals surface area contributed by atoms with Crippen LogP contribution in [-0.4, -0.2) is 20.8 Å². The number of nitrogens with one attached hydrogen (secondary N) is 1. The van der Waals surface area contributed by atoms with Gasteiger partial charge in [0.05, 0.1) is 27.3 Å². The van der Waals surface area contributed by atoms with E-state index < -0.39 is 26.1 Å². The summed E-state index contributed by atoms with van der Waals surface area (Å²) in [6, 6.07) is 25.2. The molecule has 0 bridgehead atoms. The zero-order chi connectivity index (χ0) is 24.6. The van der Waals surface area contributed by atoms with Crippen LogP contribution in [0.4, 0.5) is 0 Å². The van der Waals surface area contributed by atoms with Crippen molar-refractivity contribution in [2.45, 2.75) is 22.8 Å². The molecule has 0 aliphatic heterocycles. The van der Waals surface area contributed by atoms with E-state index in [0.29, 0.717) is 10.9 Å². The van der Waals surface area contributed by atoms with Gasteiger partial charge in [0.25, 0.3) is 10.0 Å². The smallest absolute Gasteiger partial charge is 0.268 e. The van der Waals surface area contributed by atoms with Crippen LogP contribution in [0.3, 0.4) is 0 Å². The van der Waals surface area contributed by atoms with Crippen molar-refractivity contribution in [1.29, 1.82) is 0 Å². The van der Waals surface area contributed by atoms with Crippen molar-refractivity contribution in [3.05, 3.63) is 120 Å². The Morgan fingerprint density at radius 1 is 0.771 bits per heavy atom. The summed E-state index contributed by atoms with van der Waals surface area (Å²) in [5, 5.41) is 0.646. The fraction of sp³-hybridized carbons (Fsp3) is 0.0769. The van der Waals surface area contributed by atoms with E-state index in [1.807, 2.05) is 6.92 Å². The van der Waals surface area contributed by atoms with Gasteiger partial charge < -0.3 is 4.42 Å². The third-order valence-corrected chi connectivity index (χ3v) is 8.90. The molecule has 5 aromatic rings. The fourth-order valence-electron chi connectivity index (χ4n) is 3.98. The minimum atomic E-state index is -4.07. The highest BCUT2D eigenvalue weighted by atomic mass is 32.2. The maximum Gasteiger partial charge on any atom is 0.268 e. The van der Waals surface area contributed by atoms with Gasteiger partial charge in [-0.3, -0.25) is 0 Å². The summed E-state index contributed by atoms with van der Waals surface area (Å²) in [6.07, 6.45) is 1.42. The van der Waals surface area contributed by atoms with E-state index in [1.54, 1.807) is 72.8 Å². The molecule has 0 saturated heterocycles. The maximum atomic E-state index is 13.8. The third kappa shape index (κ3) is 4.29. The Balaban J connectivity index is 1.73. The summed E-state index contributed by atoms with van der Waals surface area (Å²) in [4.78, 5) is 0.149. The minimum Gasteiger partial charge on any atom is -0.467 e. The quantitative estimate of drug-likeness (QED) is 0.340. The molecule has 5 rings (SSSR count). The Morgan fingerprint density at radius 2 is 1.46 bits per heavy atom. The number of para-hydroxylation sites is 1. The van der Waals surface area contributed by atoms with Crippen LogP contribution in [0, 0.1) is 6.92 Å². The molecule has 0 amide bonds. The molecule has 3 aromatic carbocycles. The lowest BCUT2D eigenvalue weighted by Gasteiger charge is -2.20. The third-order valence-electron chi connectivity index (χ3n) is 5.70. The van der Waals surface area contributed by atoms with Crippen molar-refractivity contribution in [2.24, 2.45) is 0 Å². The van der Waals surface area contributed by atoms with Gasteiger partial charge in [0, 0.05) is 5.39 Å². The Kier molecular flexibility index (Phi) is 5.84. The van der Waals surface area contributed by atoms with E-state index in [-0.39, 0.29) is 21.2 Å². The van der Waals surface area contributed by atoms with Crippen LogP contribution in [0.2, 0.25) is 0 Å².